The molecule has 0 fully saturated rings. The highest BCUT2D eigenvalue weighted by molar-refractivity contribution is 5.72. The van der Waals surface area contributed by atoms with Crippen molar-refractivity contribution in [3.8, 4) is 0 Å². The van der Waals surface area contributed by atoms with Crippen LogP contribution in [0.5, 0.6) is 0 Å². The standard InChI is InChI=1S/C8H14FNO4/c9-5(2-4-7(11)12)1-3-6(10)8(13)14/h5-6H,1-4,10H2,(H,11,12)(H,13,14)/i9-1. The molecule has 82 valence electrons. The Balaban J connectivity index is 3.58. The molecule has 5 nitrogen and oxygen atoms in total. The quantitative estimate of drug-likeness (QED) is 0.559. The van der Waals surface area contributed by atoms with Gasteiger partial charge in [-0.3, -0.25) is 9.59 Å². The molecule has 6 heteroatoms. The van der Waals surface area contributed by atoms with Gasteiger partial charge in [-0.05, 0) is 19.3 Å². The molecule has 0 aliphatic rings. The average molecular weight is 206 g/mol. The van der Waals surface area contributed by atoms with Gasteiger partial charge in [0.25, 0.3) is 0 Å². The molecule has 2 atom stereocenters. The van der Waals surface area contributed by atoms with Crippen LogP contribution in [-0.2, 0) is 9.59 Å². The summed E-state index contributed by atoms with van der Waals surface area (Å²) in [7, 11) is 0. The summed E-state index contributed by atoms with van der Waals surface area (Å²) in [5.41, 5.74) is 5.14. The largest absolute Gasteiger partial charge is 0.481 e. The normalized spacial score (nSPS) is 14.7. The summed E-state index contributed by atoms with van der Waals surface area (Å²) in [4.78, 5) is 20.3. The lowest BCUT2D eigenvalue weighted by Gasteiger charge is -2.08. The molecule has 0 spiro atoms. The third kappa shape index (κ3) is 6.36. The third-order valence-electron chi connectivity index (χ3n) is 1.78. The highest BCUT2D eigenvalue weighted by Crippen LogP contribution is 2.10. The van der Waals surface area contributed by atoms with E-state index in [0.717, 1.165) is 0 Å². The van der Waals surface area contributed by atoms with Crippen LogP contribution in [0.15, 0.2) is 0 Å². The van der Waals surface area contributed by atoms with E-state index in [0.29, 0.717) is 0 Å². The predicted octanol–water partition coefficient (Wildman–Crippen LogP) is 0.381. The van der Waals surface area contributed by atoms with Crippen LogP contribution in [0.3, 0.4) is 0 Å². The van der Waals surface area contributed by atoms with E-state index in [1.54, 1.807) is 0 Å². The maximum atomic E-state index is 12.9. The predicted molar refractivity (Wildman–Crippen MR) is 46.6 cm³/mol. The number of aliphatic carboxylic acids is 2. The molecule has 0 aromatic rings. The monoisotopic (exact) mass is 206 g/mol. The van der Waals surface area contributed by atoms with Gasteiger partial charge in [0.1, 0.15) is 12.2 Å². The zero-order valence-corrected chi connectivity index (χ0v) is 7.65. The Kier molecular flexibility index (Phi) is 5.78. The lowest BCUT2D eigenvalue weighted by molar-refractivity contribution is -0.139. The van der Waals surface area contributed by atoms with E-state index in [1.807, 2.05) is 0 Å². The highest BCUT2D eigenvalue weighted by atomic mass is 18.2. The molecule has 14 heavy (non-hydrogen) atoms. The molecule has 0 bridgehead atoms. The first-order chi connectivity index (χ1) is 6.43. The number of hydrogen-bond donors (Lipinski definition) is 3. The number of alkyl halides is 1. The molecular formula is C8H14FNO4. The van der Waals surface area contributed by atoms with Crippen molar-refractivity contribution in [2.45, 2.75) is 37.9 Å². The van der Waals surface area contributed by atoms with Crippen molar-refractivity contribution in [3.63, 3.8) is 0 Å². The molecule has 0 aliphatic heterocycles. The second-order valence-electron chi connectivity index (χ2n) is 3.05. The van der Waals surface area contributed by atoms with Crippen molar-refractivity contribution in [2.75, 3.05) is 0 Å². The topological polar surface area (TPSA) is 101 Å². The van der Waals surface area contributed by atoms with E-state index < -0.39 is 24.2 Å². The molecule has 0 rings (SSSR count). The van der Waals surface area contributed by atoms with E-state index in [9.17, 15) is 14.0 Å². The van der Waals surface area contributed by atoms with Crippen molar-refractivity contribution in [2.24, 2.45) is 5.73 Å². The SMILES string of the molecule is NC(CCC([18F])CCC(=O)O)C(=O)O. The summed E-state index contributed by atoms with van der Waals surface area (Å²) < 4.78 is 12.9. The Morgan fingerprint density at radius 1 is 1.21 bits per heavy atom. The lowest BCUT2D eigenvalue weighted by Crippen LogP contribution is -2.30. The van der Waals surface area contributed by atoms with E-state index in [2.05, 4.69) is 0 Å². The number of hydrogen-bond acceptors (Lipinski definition) is 3. The summed E-state index contributed by atoms with van der Waals surface area (Å²) in [6, 6.07) is -1.07. The molecule has 4 N–H and O–H groups in total. The Labute approximate surface area is 80.7 Å². The number of halogens is 1. The van der Waals surface area contributed by atoms with Gasteiger partial charge in [0.2, 0.25) is 0 Å². The molecule has 0 aliphatic carbocycles. The molecule has 0 aromatic heterocycles. The first kappa shape index (κ1) is 12.8. The van der Waals surface area contributed by atoms with Crippen LogP contribution in [0.25, 0.3) is 0 Å². The fraction of sp³-hybridized carbons (Fsp3) is 0.750. The van der Waals surface area contributed by atoms with E-state index >= 15 is 0 Å². The fourth-order valence-electron chi connectivity index (χ4n) is 0.908. The first-order valence-corrected chi connectivity index (χ1v) is 4.27. The second-order valence-corrected chi connectivity index (χ2v) is 3.05. The van der Waals surface area contributed by atoms with Gasteiger partial charge < -0.3 is 15.9 Å². The fourth-order valence-corrected chi connectivity index (χ4v) is 0.908. The van der Waals surface area contributed by atoms with Gasteiger partial charge in [0.15, 0.2) is 0 Å². The third-order valence-corrected chi connectivity index (χ3v) is 1.78. The van der Waals surface area contributed by atoms with Gasteiger partial charge >= 0.3 is 11.9 Å². The van der Waals surface area contributed by atoms with Gasteiger partial charge in [-0.1, -0.05) is 0 Å². The van der Waals surface area contributed by atoms with Gasteiger partial charge in [-0.2, -0.15) is 0 Å². The zero-order chi connectivity index (χ0) is 11.1. The minimum absolute atomic E-state index is 0.0131. The minimum Gasteiger partial charge on any atom is -0.481 e. The Hall–Kier alpha value is -1.17. The first-order valence-electron chi connectivity index (χ1n) is 4.27. The molecule has 0 heterocycles. The van der Waals surface area contributed by atoms with Gasteiger partial charge in [0, 0.05) is 6.42 Å². The molecule has 0 saturated heterocycles. The number of nitrogens with two attached hydrogens (primary N) is 1. The van der Waals surface area contributed by atoms with E-state index in [4.69, 9.17) is 15.9 Å². The van der Waals surface area contributed by atoms with Crippen LogP contribution < -0.4 is 5.73 Å². The van der Waals surface area contributed by atoms with E-state index in [-0.39, 0.29) is 25.7 Å². The van der Waals surface area contributed by atoms with E-state index in [1.165, 1.54) is 0 Å². The molecule has 0 radical (unpaired) electrons. The smallest absolute Gasteiger partial charge is 0.320 e. The summed E-state index contributed by atoms with van der Waals surface area (Å²) in [6.07, 6.45) is -1.63. The minimum atomic E-state index is -1.29. The number of rotatable bonds is 7. The number of carbonyl (C=O) groups is 2. The molecule has 0 amide bonds. The summed E-state index contributed by atoms with van der Waals surface area (Å²) in [6.45, 7) is 0. The van der Waals surface area contributed by atoms with Gasteiger partial charge in [-0.25, -0.2) is 4.39 Å². The molecule has 2 unspecified atom stereocenters. The van der Waals surface area contributed by atoms with Crippen molar-refractivity contribution >= 4 is 11.9 Å². The molecule has 0 aromatic carbocycles. The lowest BCUT2D eigenvalue weighted by atomic mass is 10.1. The van der Waals surface area contributed by atoms with Crippen LogP contribution >= 0.6 is 0 Å². The Morgan fingerprint density at radius 3 is 2.21 bits per heavy atom. The molecular weight excluding hydrogens is 192 g/mol. The molecule has 0 saturated carbocycles. The van der Waals surface area contributed by atoms with Crippen LogP contribution in [0.1, 0.15) is 25.7 Å². The van der Waals surface area contributed by atoms with Crippen LogP contribution in [-0.4, -0.2) is 34.4 Å². The van der Waals surface area contributed by atoms with Gasteiger partial charge in [-0.15, -0.1) is 0 Å². The number of carboxylic acid groups (broad SMARTS) is 2. The van der Waals surface area contributed by atoms with Crippen molar-refractivity contribution in [1.82, 2.24) is 0 Å². The van der Waals surface area contributed by atoms with Crippen LogP contribution in [0.2, 0.25) is 0 Å². The summed E-state index contributed by atoms with van der Waals surface area (Å²) in [5.74, 6) is -2.23. The van der Waals surface area contributed by atoms with Crippen molar-refractivity contribution < 1.29 is 24.2 Å². The number of carboxylic acids is 2. The van der Waals surface area contributed by atoms with Crippen molar-refractivity contribution in [3.05, 3.63) is 0 Å². The van der Waals surface area contributed by atoms with Gasteiger partial charge in [0.05, 0.1) is 0 Å². The maximum Gasteiger partial charge on any atom is 0.320 e. The Morgan fingerprint density at radius 2 is 1.79 bits per heavy atom. The second kappa shape index (κ2) is 6.31. The summed E-state index contributed by atoms with van der Waals surface area (Å²) >= 11 is 0. The van der Waals surface area contributed by atoms with Crippen molar-refractivity contribution in [1.29, 1.82) is 0 Å². The maximum absolute atomic E-state index is 12.9. The van der Waals surface area contributed by atoms with Crippen LogP contribution in [0, 0.1) is 0 Å². The average Bonchev–Trinajstić information content (AvgIpc) is 2.10. The highest BCUT2D eigenvalue weighted by Gasteiger charge is 2.15. The zero-order valence-electron chi connectivity index (χ0n) is 7.65. The Bertz CT molecular complexity index is 210. The van der Waals surface area contributed by atoms with Crippen LogP contribution in [0.4, 0.5) is 4.39 Å². The summed E-state index contributed by atoms with van der Waals surface area (Å²) in [5, 5.41) is 16.6.